The summed E-state index contributed by atoms with van der Waals surface area (Å²) in [6.45, 7) is 5.53. The van der Waals surface area contributed by atoms with Gasteiger partial charge in [0.1, 0.15) is 5.75 Å². The van der Waals surface area contributed by atoms with Crippen molar-refractivity contribution in [1.29, 1.82) is 0 Å². The highest BCUT2D eigenvalue weighted by Crippen LogP contribution is 2.25. The Morgan fingerprint density at radius 1 is 1.19 bits per heavy atom. The van der Waals surface area contributed by atoms with Crippen LogP contribution in [0, 0.1) is 6.92 Å². The molecule has 7 heteroatoms. The van der Waals surface area contributed by atoms with Gasteiger partial charge in [-0.3, -0.25) is 4.79 Å². The fourth-order valence-corrected chi connectivity index (χ4v) is 3.03. The van der Waals surface area contributed by atoms with E-state index in [4.69, 9.17) is 4.74 Å². The molecular formula is C19H25N5O2. The van der Waals surface area contributed by atoms with E-state index in [0.29, 0.717) is 26.1 Å². The van der Waals surface area contributed by atoms with E-state index >= 15 is 0 Å². The molecule has 1 amide bonds. The van der Waals surface area contributed by atoms with E-state index in [9.17, 15) is 4.79 Å². The fraction of sp³-hybridized carbons (Fsp3) is 0.421. The summed E-state index contributed by atoms with van der Waals surface area (Å²) in [5.74, 6) is 1.69. The summed E-state index contributed by atoms with van der Waals surface area (Å²) in [7, 11) is 1.65. The molecule has 0 unspecified atom stereocenters. The zero-order valence-electron chi connectivity index (χ0n) is 15.3. The second-order valence-electron chi connectivity index (χ2n) is 6.30. The van der Waals surface area contributed by atoms with Crippen molar-refractivity contribution in [3.8, 4) is 5.75 Å². The zero-order valence-corrected chi connectivity index (χ0v) is 15.3. The number of hydrogen-bond acceptors (Lipinski definition) is 6. The molecular weight excluding hydrogens is 330 g/mol. The second kappa shape index (κ2) is 8.51. The highest BCUT2D eigenvalue weighted by molar-refractivity contribution is 5.77. The lowest BCUT2D eigenvalue weighted by molar-refractivity contribution is -0.131. The Kier molecular flexibility index (Phi) is 5.88. The largest absolute Gasteiger partial charge is 0.495 e. The lowest BCUT2D eigenvalue weighted by atomic mass is 10.2. The maximum Gasteiger partial charge on any atom is 0.225 e. The molecule has 26 heavy (non-hydrogen) atoms. The van der Waals surface area contributed by atoms with Crippen LogP contribution in [0.3, 0.4) is 0 Å². The highest BCUT2D eigenvalue weighted by atomic mass is 16.5. The third-order valence-corrected chi connectivity index (χ3v) is 4.48. The molecule has 1 aliphatic heterocycles. The number of aromatic nitrogens is 2. The molecule has 0 aliphatic carbocycles. The smallest absolute Gasteiger partial charge is 0.225 e. The summed E-state index contributed by atoms with van der Waals surface area (Å²) < 4.78 is 5.35. The number of carbonyl (C=O) groups is 1. The molecule has 3 rings (SSSR count). The number of ether oxygens (including phenoxy) is 1. The summed E-state index contributed by atoms with van der Waals surface area (Å²) in [5, 5.41) is 3.31. The number of methoxy groups -OCH3 is 1. The summed E-state index contributed by atoms with van der Waals surface area (Å²) in [6, 6.07) is 7.77. The summed E-state index contributed by atoms with van der Waals surface area (Å²) in [5.41, 5.74) is 2.07. The third-order valence-electron chi connectivity index (χ3n) is 4.48. The van der Waals surface area contributed by atoms with Gasteiger partial charge in [0.25, 0.3) is 0 Å². The maximum absolute atomic E-state index is 12.5. The first-order valence-electron chi connectivity index (χ1n) is 8.85. The number of amides is 1. The standard InChI is InChI=1S/C19H25N5O2/c1-15-4-5-17(26-2)16(14-15)20-9-6-18(25)23-10-12-24(13-11-23)19-21-7-3-8-22-19/h3-5,7-8,14,20H,6,9-13H2,1-2H3. The Hall–Kier alpha value is -2.83. The Morgan fingerprint density at radius 3 is 2.62 bits per heavy atom. The van der Waals surface area contributed by atoms with E-state index < -0.39 is 0 Å². The van der Waals surface area contributed by atoms with Gasteiger partial charge >= 0.3 is 0 Å². The highest BCUT2D eigenvalue weighted by Gasteiger charge is 2.22. The van der Waals surface area contributed by atoms with Gasteiger partial charge in [-0.2, -0.15) is 0 Å². The van der Waals surface area contributed by atoms with Crippen molar-refractivity contribution in [2.75, 3.05) is 50.1 Å². The van der Waals surface area contributed by atoms with Crippen molar-refractivity contribution in [3.63, 3.8) is 0 Å². The quantitative estimate of drug-likeness (QED) is 0.854. The van der Waals surface area contributed by atoms with Gasteiger partial charge in [0, 0.05) is 51.5 Å². The molecule has 1 aliphatic rings. The van der Waals surface area contributed by atoms with E-state index in [1.807, 2.05) is 30.0 Å². The molecule has 2 aromatic rings. The average Bonchev–Trinajstić information content (AvgIpc) is 2.69. The van der Waals surface area contributed by atoms with Crippen LogP contribution in [0.2, 0.25) is 0 Å². The van der Waals surface area contributed by atoms with Crippen molar-refractivity contribution >= 4 is 17.5 Å². The first kappa shape index (κ1) is 18.0. The fourth-order valence-electron chi connectivity index (χ4n) is 3.03. The first-order valence-corrected chi connectivity index (χ1v) is 8.85. The topological polar surface area (TPSA) is 70.6 Å². The molecule has 1 aromatic heterocycles. The van der Waals surface area contributed by atoms with E-state index in [1.54, 1.807) is 25.6 Å². The normalized spacial score (nSPS) is 14.2. The Balaban J connectivity index is 1.46. The Labute approximate surface area is 154 Å². The molecule has 138 valence electrons. The minimum atomic E-state index is 0.165. The Morgan fingerprint density at radius 2 is 1.92 bits per heavy atom. The van der Waals surface area contributed by atoms with Crippen LogP contribution in [0.15, 0.2) is 36.7 Å². The molecule has 0 atom stereocenters. The maximum atomic E-state index is 12.5. The van der Waals surface area contributed by atoms with Crippen molar-refractivity contribution in [2.45, 2.75) is 13.3 Å². The van der Waals surface area contributed by atoms with Gasteiger partial charge < -0.3 is 19.9 Å². The molecule has 0 bridgehead atoms. The molecule has 0 saturated carbocycles. The number of nitrogens with one attached hydrogen (secondary N) is 1. The molecule has 2 heterocycles. The van der Waals surface area contributed by atoms with Crippen molar-refractivity contribution < 1.29 is 9.53 Å². The third kappa shape index (κ3) is 4.41. The number of carbonyl (C=O) groups excluding carboxylic acids is 1. The zero-order chi connectivity index (χ0) is 18.4. The van der Waals surface area contributed by atoms with Crippen molar-refractivity contribution in [3.05, 3.63) is 42.2 Å². The van der Waals surface area contributed by atoms with E-state index in [0.717, 1.165) is 36.0 Å². The van der Waals surface area contributed by atoms with Crippen LogP contribution in [0.1, 0.15) is 12.0 Å². The summed E-state index contributed by atoms with van der Waals surface area (Å²) in [4.78, 5) is 25.0. The average molecular weight is 355 g/mol. The van der Waals surface area contributed by atoms with Crippen LogP contribution in [-0.4, -0.2) is 60.6 Å². The molecule has 1 saturated heterocycles. The van der Waals surface area contributed by atoms with Crippen LogP contribution in [0.5, 0.6) is 5.75 Å². The first-order chi connectivity index (χ1) is 12.7. The summed E-state index contributed by atoms with van der Waals surface area (Å²) >= 11 is 0. The number of nitrogens with zero attached hydrogens (tertiary/aromatic N) is 4. The Bertz CT molecular complexity index is 730. The van der Waals surface area contributed by atoms with E-state index in [2.05, 4.69) is 20.2 Å². The van der Waals surface area contributed by atoms with Gasteiger partial charge in [-0.15, -0.1) is 0 Å². The van der Waals surface area contributed by atoms with Gasteiger partial charge in [-0.1, -0.05) is 6.07 Å². The number of piperazine rings is 1. The van der Waals surface area contributed by atoms with Crippen LogP contribution in [0.4, 0.5) is 11.6 Å². The SMILES string of the molecule is COc1ccc(C)cc1NCCC(=O)N1CCN(c2ncccn2)CC1. The van der Waals surface area contributed by atoms with Crippen molar-refractivity contribution in [1.82, 2.24) is 14.9 Å². The number of benzene rings is 1. The van der Waals surface area contributed by atoms with E-state index in [-0.39, 0.29) is 5.91 Å². The number of anilines is 2. The van der Waals surface area contributed by atoms with Crippen LogP contribution in [-0.2, 0) is 4.79 Å². The molecule has 7 nitrogen and oxygen atoms in total. The van der Waals surface area contributed by atoms with Crippen LogP contribution < -0.4 is 15.0 Å². The van der Waals surface area contributed by atoms with Crippen molar-refractivity contribution in [2.24, 2.45) is 0 Å². The minimum absolute atomic E-state index is 0.165. The summed E-state index contributed by atoms with van der Waals surface area (Å²) in [6.07, 6.45) is 3.94. The van der Waals surface area contributed by atoms with Crippen LogP contribution in [0.25, 0.3) is 0 Å². The lowest BCUT2D eigenvalue weighted by Gasteiger charge is -2.34. The van der Waals surface area contributed by atoms with Gasteiger partial charge in [0.2, 0.25) is 11.9 Å². The monoisotopic (exact) mass is 355 g/mol. The van der Waals surface area contributed by atoms with Gasteiger partial charge in [-0.05, 0) is 30.7 Å². The second-order valence-corrected chi connectivity index (χ2v) is 6.30. The molecule has 1 aromatic carbocycles. The predicted molar refractivity (Wildman–Crippen MR) is 102 cm³/mol. The van der Waals surface area contributed by atoms with Crippen LogP contribution >= 0.6 is 0 Å². The van der Waals surface area contributed by atoms with Gasteiger partial charge in [0.05, 0.1) is 12.8 Å². The number of aryl methyl sites for hydroxylation is 1. The predicted octanol–water partition coefficient (Wildman–Crippen LogP) is 1.94. The molecule has 0 spiro atoms. The van der Waals surface area contributed by atoms with Gasteiger partial charge in [-0.25, -0.2) is 9.97 Å². The minimum Gasteiger partial charge on any atom is -0.495 e. The number of hydrogen-bond donors (Lipinski definition) is 1. The van der Waals surface area contributed by atoms with E-state index in [1.165, 1.54) is 0 Å². The number of rotatable bonds is 6. The molecule has 0 radical (unpaired) electrons. The van der Waals surface area contributed by atoms with Gasteiger partial charge in [0.15, 0.2) is 0 Å². The lowest BCUT2D eigenvalue weighted by Crippen LogP contribution is -2.49. The molecule has 1 fully saturated rings. The molecule has 1 N–H and O–H groups in total.